The molecule has 0 radical (unpaired) electrons. The summed E-state index contributed by atoms with van der Waals surface area (Å²) in [6.45, 7) is -0.646. The highest BCUT2D eigenvalue weighted by molar-refractivity contribution is 6.02. The SMILES string of the molecule is C[C@]1(c2cc(NC(=O)c3ccc(F)cn3)ccc2F)N=C(N)OC[C@@H]1OCC(F)(F)F. The molecule has 1 amide bonds. The number of benzene rings is 1. The molecule has 31 heavy (non-hydrogen) atoms. The van der Waals surface area contributed by atoms with E-state index >= 15 is 0 Å². The minimum atomic E-state index is -4.62. The Balaban J connectivity index is 1.91. The van der Waals surface area contributed by atoms with E-state index in [9.17, 15) is 26.7 Å². The van der Waals surface area contributed by atoms with E-state index in [1.165, 1.54) is 19.1 Å². The molecule has 0 spiro atoms. The van der Waals surface area contributed by atoms with Gasteiger partial charge in [-0.15, -0.1) is 0 Å². The molecular weight excluding hydrogens is 427 g/mol. The second-order valence-corrected chi connectivity index (χ2v) is 6.83. The fourth-order valence-corrected chi connectivity index (χ4v) is 2.99. The summed E-state index contributed by atoms with van der Waals surface area (Å²) in [6.07, 6.45) is -5.08. The second-order valence-electron chi connectivity index (χ2n) is 6.83. The average molecular weight is 444 g/mol. The van der Waals surface area contributed by atoms with E-state index in [0.717, 1.165) is 24.4 Å². The number of ether oxygens (including phenoxy) is 2. The zero-order valence-electron chi connectivity index (χ0n) is 16.0. The molecule has 1 aromatic carbocycles. The van der Waals surface area contributed by atoms with Crippen molar-refractivity contribution in [1.29, 1.82) is 0 Å². The summed E-state index contributed by atoms with van der Waals surface area (Å²) in [5, 5.41) is 2.46. The first-order valence-electron chi connectivity index (χ1n) is 8.87. The molecule has 1 aliphatic rings. The lowest BCUT2D eigenvalue weighted by Gasteiger charge is -2.38. The number of rotatable bonds is 5. The minimum Gasteiger partial charge on any atom is -0.463 e. The predicted octanol–water partition coefficient (Wildman–Crippen LogP) is 3.12. The van der Waals surface area contributed by atoms with Gasteiger partial charge in [-0.3, -0.25) is 4.79 Å². The van der Waals surface area contributed by atoms with Gasteiger partial charge in [0.15, 0.2) is 0 Å². The van der Waals surface area contributed by atoms with Gasteiger partial charge in [-0.05, 0) is 37.3 Å². The maximum absolute atomic E-state index is 14.7. The molecule has 166 valence electrons. The van der Waals surface area contributed by atoms with E-state index in [1.54, 1.807) is 0 Å². The quantitative estimate of drug-likeness (QED) is 0.691. The summed E-state index contributed by atoms with van der Waals surface area (Å²) in [7, 11) is 0. The van der Waals surface area contributed by atoms with Gasteiger partial charge >= 0.3 is 6.18 Å². The summed E-state index contributed by atoms with van der Waals surface area (Å²) < 4.78 is 75.5. The molecule has 0 bridgehead atoms. The lowest BCUT2D eigenvalue weighted by atomic mass is 9.85. The van der Waals surface area contributed by atoms with Gasteiger partial charge in [-0.1, -0.05) is 0 Å². The van der Waals surface area contributed by atoms with Crippen LogP contribution in [0, 0.1) is 11.6 Å². The predicted molar refractivity (Wildman–Crippen MR) is 99.3 cm³/mol. The normalized spacial score (nSPS) is 21.2. The van der Waals surface area contributed by atoms with Crippen LogP contribution in [0.5, 0.6) is 0 Å². The number of pyridine rings is 1. The van der Waals surface area contributed by atoms with Crippen molar-refractivity contribution in [3.63, 3.8) is 0 Å². The molecule has 2 atom stereocenters. The highest BCUT2D eigenvalue weighted by Gasteiger charge is 2.44. The Morgan fingerprint density at radius 2 is 2.06 bits per heavy atom. The number of nitrogens with two attached hydrogens (primary N) is 1. The number of hydrogen-bond acceptors (Lipinski definition) is 6. The molecular formula is C19H17F5N4O3. The molecule has 7 nitrogen and oxygen atoms in total. The van der Waals surface area contributed by atoms with Crippen LogP contribution in [0.25, 0.3) is 0 Å². The number of amidine groups is 1. The van der Waals surface area contributed by atoms with Crippen molar-refractivity contribution < 1.29 is 36.2 Å². The maximum atomic E-state index is 14.7. The molecule has 0 saturated carbocycles. The zero-order chi connectivity index (χ0) is 22.8. The Bertz CT molecular complexity index is 997. The number of amides is 1. The Kier molecular flexibility index (Phi) is 6.11. The first-order chi connectivity index (χ1) is 14.5. The van der Waals surface area contributed by atoms with Crippen molar-refractivity contribution in [3.05, 3.63) is 59.4 Å². The van der Waals surface area contributed by atoms with Crippen LogP contribution in [-0.4, -0.2) is 42.4 Å². The Morgan fingerprint density at radius 1 is 1.32 bits per heavy atom. The van der Waals surface area contributed by atoms with Crippen molar-refractivity contribution in [3.8, 4) is 0 Å². The first-order valence-corrected chi connectivity index (χ1v) is 8.87. The van der Waals surface area contributed by atoms with Crippen molar-refractivity contribution in [2.45, 2.75) is 24.7 Å². The molecule has 0 fully saturated rings. The third-order valence-corrected chi connectivity index (χ3v) is 4.53. The highest BCUT2D eigenvalue weighted by atomic mass is 19.4. The lowest BCUT2D eigenvalue weighted by Crippen LogP contribution is -2.48. The average Bonchev–Trinajstić information content (AvgIpc) is 2.68. The number of nitrogens with one attached hydrogen (secondary N) is 1. The molecule has 3 N–H and O–H groups in total. The van der Waals surface area contributed by atoms with Gasteiger partial charge in [-0.2, -0.15) is 13.2 Å². The number of anilines is 1. The van der Waals surface area contributed by atoms with Gasteiger partial charge in [0.1, 0.15) is 42.2 Å². The molecule has 1 aromatic heterocycles. The van der Waals surface area contributed by atoms with Crippen LogP contribution in [0.3, 0.4) is 0 Å². The summed E-state index contributed by atoms with van der Waals surface area (Å²) in [5.41, 5.74) is 3.72. The Labute approximate surface area is 173 Å². The van der Waals surface area contributed by atoms with E-state index in [-0.39, 0.29) is 23.0 Å². The van der Waals surface area contributed by atoms with Crippen LogP contribution in [0.1, 0.15) is 23.0 Å². The fourth-order valence-electron chi connectivity index (χ4n) is 2.99. The van der Waals surface area contributed by atoms with Crippen LogP contribution < -0.4 is 11.1 Å². The van der Waals surface area contributed by atoms with Crippen LogP contribution >= 0.6 is 0 Å². The number of carbonyl (C=O) groups excluding carboxylic acids is 1. The highest BCUT2D eigenvalue weighted by Crippen LogP contribution is 2.37. The summed E-state index contributed by atoms with van der Waals surface area (Å²) in [6, 6.07) is 5.29. The largest absolute Gasteiger partial charge is 0.463 e. The standard InChI is InChI=1S/C19H17F5N4O3/c1-18(15(8-30-17(25)28-18)31-9-19(22,23)24)12-6-11(3-4-13(12)21)27-16(29)14-5-2-10(20)7-26-14/h2-7,15H,8-9H2,1H3,(H2,25,28)(H,27,29)/t15-,18+/m0/s1. The summed E-state index contributed by atoms with van der Waals surface area (Å²) in [4.78, 5) is 19.9. The molecule has 0 aliphatic carbocycles. The van der Waals surface area contributed by atoms with E-state index in [4.69, 9.17) is 15.2 Å². The molecule has 0 unspecified atom stereocenters. The van der Waals surface area contributed by atoms with Crippen molar-refractivity contribution >= 4 is 17.6 Å². The van der Waals surface area contributed by atoms with Gasteiger partial charge in [-0.25, -0.2) is 18.8 Å². The minimum absolute atomic E-state index is 0.0989. The maximum Gasteiger partial charge on any atom is 0.411 e. The van der Waals surface area contributed by atoms with E-state index < -0.39 is 48.6 Å². The number of alkyl halides is 3. The van der Waals surface area contributed by atoms with E-state index in [0.29, 0.717) is 0 Å². The van der Waals surface area contributed by atoms with Crippen LogP contribution in [0.15, 0.2) is 41.5 Å². The Hall–Kier alpha value is -3.28. The summed E-state index contributed by atoms with van der Waals surface area (Å²) >= 11 is 0. The zero-order valence-corrected chi connectivity index (χ0v) is 16.0. The number of carbonyl (C=O) groups is 1. The van der Waals surface area contributed by atoms with E-state index in [1.807, 2.05) is 0 Å². The van der Waals surface area contributed by atoms with Crippen LogP contribution in [-0.2, 0) is 15.0 Å². The Morgan fingerprint density at radius 3 is 2.71 bits per heavy atom. The fraction of sp³-hybridized carbons (Fsp3) is 0.316. The van der Waals surface area contributed by atoms with Gasteiger partial charge < -0.3 is 20.5 Å². The van der Waals surface area contributed by atoms with Crippen molar-refractivity contribution in [1.82, 2.24) is 4.98 Å². The first kappa shape index (κ1) is 22.4. The van der Waals surface area contributed by atoms with E-state index in [2.05, 4.69) is 15.3 Å². The van der Waals surface area contributed by atoms with Crippen molar-refractivity contribution in [2.75, 3.05) is 18.5 Å². The molecule has 1 aliphatic heterocycles. The topological polar surface area (TPSA) is 98.8 Å². The third-order valence-electron chi connectivity index (χ3n) is 4.53. The molecule has 0 saturated heterocycles. The number of aliphatic imine (C=N–C) groups is 1. The summed E-state index contributed by atoms with van der Waals surface area (Å²) in [5.74, 6) is -2.14. The number of nitrogens with zero attached hydrogens (tertiary/aromatic N) is 2. The number of halogens is 5. The number of aromatic nitrogens is 1. The number of hydrogen-bond donors (Lipinski definition) is 2. The molecule has 2 heterocycles. The lowest BCUT2D eigenvalue weighted by molar-refractivity contribution is -0.197. The van der Waals surface area contributed by atoms with Crippen molar-refractivity contribution in [2.24, 2.45) is 10.7 Å². The molecule has 12 heteroatoms. The third kappa shape index (κ3) is 5.26. The second kappa shape index (κ2) is 8.46. The monoisotopic (exact) mass is 444 g/mol. The molecule has 2 aromatic rings. The van der Waals surface area contributed by atoms with Gasteiger partial charge in [0.25, 0.3) is 11.9 Å². The van der Waals surface area contributed by atoms with Gasteiger partial charge in [0.05, 0.1) is 6.20 Å². The van der Waals surface area contributed by atoms with Gasteiger partial charge in [0, 0.05) is 11.3 Å². The van der Waals surface area contributed by atoms with Crippen LogP contribution in [0.4, 0.5) is 27.6 Å². The smallest absolute Gasteiger partial charge is 0.411 e. The van der Waals surface area contributed by atoms with Crippen LogP contribution in [0.2, 0.25) is 0 Å². The van der Waals surface area contributed by atoms with Gasteiger partial charge in [0.2, 0.25) is 0 Å². The molecule has 3 rings (SSSR count).